The topological polar surface area (TPSA) is 37.3 Å². The van der Waals surface area contributed by atoms with Crippen LogP contribution < -0.4 is 0 Å². The van der Waals surface area contributed by atoms with Gasteiger partial charge in [-0.15, -0.1) is 0 Å². The minimum atomic E-state index is -0.832. The van der Waals surface area contributed by atoms with Crippen LogP contribution in [0.3, 0.4) is 0 Å². The standard InChI is InChI=1S/C4H5O2.Nb.Ti/c1-3(2)4(5)6;;/h1H,2H3,(H,5,6);;. The van der Waals surface area contributed by atoms with Crippen LogP contribution in [0.1, 0.15) is 6.92 Å². The molecule has 0 bridgehead atoms. The van der Waals surface area contributed by atoms with Crippen LogP contribution in [0.4, 0.5) is 0 Å². The first-order chi connectivity index (χ1) is 3.18. The number of aliphatic carboxylic acids is 1. The third-order valence-corrected chi connectivity index (χ3v) is 1.48. The molecule has 0 saturated heterocycles. The number of carboxylic acid groups (broad SMARTS) is 1. The maximum Gasteiger partial charge on any atom is 0 e. The molecule has 0 rings (SSSR count). The van der Waals surface area contributed by atoms with Crippen LogP contribution >= 0.6 is 0 Å². The first-order valence-electron chi connectivity index (χ1n) is 1.72. The van der Waals surface area contributed by atoms with Crippen LogP contribution in [-0.4, -0.2) is 11.1 Å². The molecule has 0 heterocycles. The van der Waals surface area contributed by atoms with Crippen molar-refractivity contribution < 1.29 is 52.7 Å². The molecule has 8 heavy (non-hydrogen) atoms. The molecule has 0 saturated carbocycles. The first kappa shape index (κ1) is 11.5. The Labute approximate surface area is 75.1 Å². The maximum absolute atomic E-state index is 9.87. The maximum atomic E-state index is 9.87. The number of rotatable bonds is 1. The zero-order valence-electron chi connectivity index (χ0n) is 4.38. The van der Waals surface area contributed by atoms with E-state index >= 15 is 0 Å². The summed E-state index contributed by atoms with van der Waals surface area (Å²) >= 11 is 1.38. The quantitative estimate of drug-likeness (QED) is 0.522. The summed E-state index contributed by atoms with van der Waals surface area (Å²) in [6.45, 7) is 1.57. The van der Waals surface area contributed by atoms with Gasteiger partial charge >= 0.3 is 53.7 Å². The van der Waals surface area contributed by atoms with E-state index in [1.807, 2.05) is 0 Å². The Bertz CT molecular complexity index is 111. The van der Waals surface area contributed by atoms with Crippen LogP contribution in [-0.2, 0) is 47.6 Å². The van der Waals surface area contributed by atoms with Crippen molar-refractivity contribution in [3.63, 3.8) is 0 Å². The summed E-state index contributed by atoms with van der Waals surface area (Å²) in [6, 6.07) is 0. The molecule has 0 fully saturated rings. The first-order valence-corrected chi connectivity index (χ1v) is 2.99. The summed E-state index contributed by atoms with van der Waals surface area (Å²) in [5.74, 6) is -0.832. The average Bonchev–Trinajstić information content (AvgIpc) is 1.65. The summed E-state index contributed by atoms with van der Waals surface area (Å²) in [7, 11) is 0. The van der Waals surface area contributed by atoms with Crippen LogP contribution in [0.2, 0.25) is 0 Å². The van der Waals surface area contributed by atoms with E-state index in [-0.39, 0.29) is 21.7 Å². The second kappa shape index (κ2) is 5.80. The molecule has 0 atom stereocenters. The van der Waals surface area contributed by atoms with E-state index in [4.69, 9.17) is 5.11 Å². The Balaban J connectivity index is 0. The van der Waals surface area contributed by atoms with Crippen LogP contribution in [0.5, 0.6) is 0 Å². The van der Waals surface area contributed by atoms with E-state index in [1.165, 1.54) is 21.1 Å². The van der Waals surface area contributed by atoms with Gasteiger partial charge in [0.1, 0.15) is 0 Å². The third kappa shape index (κ3) is 4.81. The molecule has 42 valence electrons. The van der Waals surface area contributed by atoms with Gasteiger partial charge in [-0.2, -0.15) is 0 Å². The fourth-order valence-electron chi connectivity index (χ4n) is 0.0552. The van der Waals surface area contributed by atoms with E-state index in [9.17, 15) is 4.79 Å². The van der Waals surface area contributed by atoms with Crippen LogP contribution in [0.25, 0.3) is 0 Å². The smallest absolute Gasteiger partial charge is 0 e. The van der Waals surface area contributed by atoms with Crippen molar-refractivity contribution in [2.45, 2.75) is 6.92 Å². The second-order valence-corrected chi connectivity index (χ2v) is 1.75. The number of carbonyl (C=O) groups is 1. The van der Waals surface area contributed by atoms with Crippen molar-refractivity contribution >= 4 is 5.97 Å². The van der Waals surface area contributed by atoms with Gasteiger partial charge in [-0.05, 0) is 0 Å². The van der Waals surface area contributed by atoms with Gasteiger partial charge in [0.15, 0.2) is 0 Å². The van der Waals surface area contributed by atoms with Crippen molar-refractivity contribution in [2.24, 2.45) is 0 Å². The van der Waals surface area contributed by atoms with Gasteiger partial charge in [0.05, 0.1) is 0 Å². The summed E-state index contributed by atoms with van der Waals surface area (Å²) in [5, 5.41) is 8.12. The van der Waals surface area contributed by atoms with E-state index in [1.54, 1.807) is 11.2 Å². The summed E-state index contributed by atoms with van der Waals surface area (Å²) in [6.07, 6.45) is 0. The summed E-state index contributed by atoms with van der Waals surface area (Å²) in [4.78, 5) is 9.87. The second-order valence-electron chi connectivity index (χ2n) is 1.12. The zero-order valence-corrected chi connectivity index (χ0v) is 8.14. The average molecular weight is 226 g/mol. The minimum absolute atomic E-state index is 0. The molecule has 0 unspecified atom stereocenters. The predicted octanol–water partition coefficient (Wildman–Crippen LogP) is 0.519. The molecule has 0 spiro atoms. The number of hydrogen-bond donors (Lipinski definition) is 1. The third-order valence-electron chi connectivity index (χ3n) is 0.531. The molecule has 2 nitrogen and oxygen atoms in total. The van der Waals surface area contributed by atoms with E-state index in [2.05, 4.69) is 0 Å². The molecular formula is C4H5NbO2Ti. The van der Waals surface area contributed by atoms with Gasteiger partial charge in [-0.1, -0.05) is 0 Å². The Morgan fingerprint density at radius 2 is 2.12 bits per heavy atom. The van der Waals surface area contributed by atoms with Crippen LogP contribution in [0, 0.1) is 0 Å². The molecule has 0 aromatic rings. The van der Waals surface area contributed by atoms with Crippen LogP contribution in [0.15, 0.2) is 9.87 Å². The molecule has 0 aliphatic heterocycles. The largest absolute Gasteiger partial charge is 0 e. The molecule has 0 amide bonds. The summed E-state index contributed by atoms with van der Waals surface area (Å²) < 4.78 is 1.61. The molecule has 4 heteroatoms. The minimum Gasteiger partial charge on any atom is 0 e. The molecule has 0 aromatic carbocycles. The molecule has 0 aliphatic carbocycles. The SMILES string of the molecule is CC(=[CH][Nb])C(=O)O.[Ti]. The van der Waals surface area contributed by atoms with Gasteiger partial charge < -0.3 is 0 Å². The molecule has 0 aliphatic rings. The van der Waals surface area contributed by atoms with Crippen molar-refractivity contribution in [3.8, 4) is 0 Å². The van der Waals surface area contributed by atoms with Gasteiger partial charge in [0.2, 0.25) is 0 Å². The zero-order chi connectivity index (χ0) is 5.86. The predicted molar refractivity (Wildman–Crippen MR) is 21.4 cm³/mol. The Hall–Kier alpha value is 0.665. The number of hydrogen-bond acceptors (Lipinski definition) is 1. The molecule has 0 radical (unpaired) electrons. The fourth-order valence-corrected chi connectivity index (χ4v) is 0.327. The van der Waals surface area contributed by atoms with E-state index in [0.717, 1.165) is 0 Å². The van der Waals surface area contributed by atoms with Crippen molar-refractivity contribution in [1.29, 1.82) is 0 Å². The van der Waals surface area contributed by atoms with Gasteiger partial charge in [-0.3, -0.25) is 0 Å². The molecule has 0 aromatic heterocycles. The van der Waals surface area contributed by atoms with Crippen molar-refractivity contribution in [3.05, 3.63) is 9.87 Å². The summed E-state index contributed by atoms with van der Waals surface area (Å²) in [5.41, 5.74) is 0.411. The monoisotopic (exact) mass is 226 g/mol. The Morgan fingerprint density at radius 1 is 1.75 bits per heavy atom. The van der Waals surface area contributed by atoms with E-state index < -0.39 is 5.97 Å². The van der Waals surface area contributed by atoms with Gasteiger partial charge in [0.25, 0.3) is 0 Å². The fraction of sp³-hybridized carbons (Fsp3) is 0.250. The molecular weight excluding hydrogens is 221 g/mol. The van der Waals surface area contributed by atoms with Gasteiger partial charge in [0, 0.05) is 21.7 Å². The number of carboxylic acids is 1. The van der Waals surface area contributed by atoms with Crippen molar-refractivity contribution in [1.82, 2.24) is 0 Å². The normalized spacial score (nSPS) is 9.88. The van der Waals surface area contributed by atoms with E-state index in [0.29, 0.717) is 5.57 Å². The molecule has 1 N–H and O–H groups in total. The Morgan fingerprint density at radius 3 is 2.12 bits per heavy atom. The van der Waals surface area contributed by atoms with Gasteiger partial charge in [-0.25, -0.2) is 0 Å². The Kier molecular flexibility index (Phi) is 8.30. The van der Waals surface area contributed by atoms with Crippen molar-refractivity contribution in [2.75, 3.05) is 0 Å².